The lowest BCUT2D eigenvalue weighted by atomic mass is 10.1. The number of aromatic nitrogens is 3. The topological polar surface area (TPSA) is 64.7 Å². The van der Waals surface area contributed by atoms with Gasteiger partial charge in [-0.15, -0.1) is 0 Å². The maximum absolute atomic E-state index is 5.94. The molecule has 0 atom stereocenters. The van der Waals surface area contributed by atoms with Crippen molar-refractivity contribution in [2.45, 2.75) is 20.3 Å². The first-order valence-corrected chi connectivity index (χ1v) is 7.50. The van der Waals surface area contributed by atoms with Gasteiger partial charge in [0.1, 0.15) is 11.5 Å². The summed E-state index contributed by atoms with van der Waals surface area (Å²) in [5, 5.41) is 0. The normalized spacial score (nSPS) is 11.0. The van der Waals surface area contributed by atoms with E-state index in [0.29, 0.717) is 23.3 Å². The zero-order valence-corrected chi connectivity index (χ0v) is 13.9. The molecule has 2 aromatic heterocycles. The highest BCUT2D eigenvalue weighted by Gasteiger charge is 2.15. The summed E-state index contributed by atoms with van der Waals surface area (Å²) in [5.41, 5.74) is 7.56. The van der Waals surface area contributed by atoms with Crippen LogP contribution in [0, 0.1) is 5.92 Å². The van der Waals surface area contributed by atoms with Gasteiger partial charge in [0.15, 0.2) is 5.82 Å². The number of rotatable bonds is 3. The van der Waals surface area contributed by atoms with Crippen molar-refractivity contribution in [1.82, 2.24) is 15.0 Å². The highest BCUT2D eigenvalue weighted by Crippen LogP contribution is 2.29. The molecule has 0 radical (unpaired) electrons. The molecule has 0 aromatic carbocycles. The Labute approximate surface area is 129 Å². The molecule has 0 aliphatic heterocycles. The first-order valence-electron chi connectivity index (χ1n) is 5.91. The standard InChI is InChI=1S/C13H14Br2N4/c1-7(2)6-9-10(15)12(16)19-13(18-9)11-8(14)4-3-5-17-11/h3-5,7H,6H2,1-2H3,(H2,16,18,19). The number of nitrogens with zero attached hydrogens (tertiary/aromatic N) is 3. The van der Waals surface area contributed by atoms with Crippen LogP contribution in [0.5, 0.6) is 0 Å². The quantitative estimate of drug-likeness (QED) is 0.871. The van der Waals surface area contributed by atoms with Crippen LogP contribution >= 0.6 is 31.9 Å². The van der Waals surface area contributed by atoms with Gasteiger partial charge < -0.3 is 5.73 Å². The first-order chi connectivity index (χ1) is 8.99. The molecule has 2 rings (SSSR count). The van der Waals surface area contributed by atoms with Crippen LogP contribution in [-0.4, -0.2) is 15.0 Å². The number of anilines is 1. The van der Waals surface area contributed by atoms with Crippen LogP contribution in [-0.2, 0) is 6.42 Å². The van der Waals surface area contributed by atoms with E-state index < -0.39 is 0 Å². The molecular weight excluding hydrogens is 372 g/mol. The minimum atomic E-state index is 0.443. The predicted octanol–water partition coefficient (Wildman–Crippen LogP) is 3.84. The van der Waals surface area contributed by atoms with Gasteiger partial charge in [0, 0.05) is 10.7 Å². The molecule has 2 aromatic rings. The summed E-state index contributed by atoms with van der Waals surface area (Å²) in [6.07, 6.45) is 2.55. The third-order valence-corrected chi connectivity index (χ3v) is 4.02. The average Bonchev–Trinajstić information content (AvgIpc) is 2.35. The molecule has 0 unspecified atom stereocenters. The van der Waals surface area contributed by atoms with Crippen LogP contribution in [0.2, 0.25) is 0 Å². The molecule has 0 fully saturated rings. The van der Waals surface area contributed by atoms with Gasteiger partial charge in [0.25, 0.3) is 0 Å². The molecule has 0 saturated heterocycles. The molecule has 0 aliphatic carbocycles. The minimum absolute atomic E-state index is 0.443. The molecule has 4 nitrogen and oxygen atoms in total. The molecule has 2 heterocycles. The second-order valence-corrected chi connectivity index (χ2v) is 6.27. The zero-order chi connectivity index (χ0) is 14.0. The molecule has 0 aliphatic rings. The fraction of sp³-hybridized carbons (Fsp3) is 0.308. The van der Waals surface area contributed by atoms with E-state index in [0.717, 1.165) is 21.1 Å². The summed E-state index contributed by atoms with van der Waals surface area (Å²) in [7, 11) is 0. The Hall–Kier alpha value is -1.01. The average molecular weight is 386 g/mol. The van der Waals surface area contributed by atoms with E-state index in [9.17, 15) is 0 Å². The van der Waals surface area contributed by atoms with E-state index in [2.05, 4.69) is 60.7 Å². The molecule has 0 spiro atoms. The summed E-state index contributed by atoms with van der Waals surface area (Å²) in [6, 6.07) is 3.76. The molecule has 0 amide bonds. The van der Waals surface area contributed by atoms with Gasteiger partial charge in [-0.05, 0) is 56.3 Å². The zero-order valence-electron chi connectivity index (χ0n) is 10.7. The Balaban J connectivity index is 2.54. The van der Waals surface area contributed by atoms with Gasteiger partial charge >= 0.3 is 0 Å². The lowest BCUT2D eigenvalue weighted by molar-refractivity contribution is 0.632. The van der Waals surface area contributed by atoms with Crippen LogP contribution in [0.25, 0.3) is 11.5 Å². The Morgan fingerprint density at radius 1 is 1.26 bits per heavy atom. The van der Waals surface area contributed by atoms with Crippen molar-refractivity contribution in [1.29, 1.82) is 0 Å². The SMILES string of the molecule is CC(C)Cc1nc(-c2ncccc2Br)nc(N)c1Br. The Bertz CT molecular complexity index is 599. The lowest BCUT2D eigenvalue weighted by Crippen LogP contribution is -2.06. The highest BCUT2D eigenvalue weighted by molar-refractivity contribution is 9.11. The van der Waals surface area contributed by atoms with Crippen LogP contribution in [0.4, 0.5) is 5.82 Å². The Morgan fingerprint density at radius 3 is 2.63 bits per heavy atom. The Kier molecular flexibility index (Phi) is 4.52. The predicted molar refractivity (Wildman–Crippen MR) is 83.6 cm³/mol. The maximum Gasteiger partial charge on any atom is 0.181 e. The monoisotopic (exact) mass is 384 g/mol. The van der Waals surface area contributed by atoms with Crippen LogP contribution in [0.15, 0.2) is 27.3 Å². The van der Waals surface area contributed by atoms with Crippen molar-refractivity contribution in [3.8, 4) is 11.5 Å². The highest BCUT2D eigenvalue weighted by atomic mass is 79.9. The van der Waals surface area contributed by atoms with E-state index >= 15 is 0 Å². The van der Waals surface area contributed by atoms with Crippen molar-refractivity contribution in [2.24, 2.45) is 5.92 Å². The minimum Gasteiger partial charge on any atom is -0.383 e. The number of nitrogens with two attached hydrogens (primary N) is 1. The van der Waals surface area contributed by atoms with Crippen LogP contribution in [0.3, 0.4) is 0 Å². The summed E-state index contributed by atoms with van der Waals surface area (Å²) in [6.45, 7) is 4.28. The number of hydrogen-bond donors (Lipinski definition) is 1. The fourth-order valence-corrected chi connectivity index (χ4v) is 2.46. The third kappa shape index (κ3) is 3.30. The van der Waals surface area contributed by atoms with Crippen LogP contribution < -0.4 is 5.73 Å². The summed E-state index contributed by atoms with van der Waals surface area (Å²) < 4.78 is 1.63. The molecule has 6 heteroatoms. The lowest BCUT2D eigenvalue weighted by Gasteiger charge is -2.11. The molecule has 0 saturated carbocycles. The van der Waals surface area contributed by atoms with Gasteiger partial charge in [-0.3, -0.25) is 4.98 Å². The van der Waals surface area contributed by atoms with Crippen molar-refractivity contribution >= 4 is 37.7 Å². The van der Waals surface area contributed by atoms with E-state index in [-0.39, 0.29) is 0 Å². The van der Waals surface area contributed by atoms with Gasteiger partial charge in [0.05, 0.1) is 10.2 Å². The van der Waals surface area contributed by atoms with E-state index in [4.69, 9.17) is 5.73 Å². The van der Waals surface area contributed by atoms with Crippen LogP contribution in [0.1, 0.15) is 19.5 Å². The molecule has 19 heavy (non-hydrogen) atoms. The smallest absolute Gasteiger partial charge is 0.181 e. The second kappa shape index (κ2) is 5.96. The number of pyridine rings is 1. The Morgan fingerprint density at radius 2 is 2.00 bits per heavy atom. The van der Waals surface area contributed by atoms with Crippen molar-refractivity contribution in [2.75, 3.05) is 5.73 Å². The summed E-state index contributed by atoms with van der Waals surface area (Å²) in [4.78, 5) is 13.2. The van der Waals surface area contributed by atoms with Gasteiger partial charge in [0.2, 0.25) is 0 Å². The van der Waals surface area contributed by atoms with E-state index in [1.54, 1.807) is 6.20 Å². The fourth-order valence-electron chi connectivity index (χ4n) is 1.69. The summed E-state index contributed by atoms with van der Waals surface area (Å²) in [5.74, 6) is 1.48. The van der Waals surface area contributed by atoms with Crippen molar-refractivity contribution in [3.05, 3.63) is 33.0 Å². The number of hydrogen-bond acceptors (Lipinski definition) is 4. The van der Waals surface area contributed by atoms with Gasteiger partial charge in [-0.1, -0.05) is 13.8 Å². The first kappa shape index (κ1) is 14.4. The van der Waals surface area contributed by atoms with Crippen molar-refractivity contribution < 1.29 is 0 Å². The largest absolute Gasteiger partial charge is 0.383 e. The van der Waals surface area contributed by atoms with Gasteiger partial charge in [-0.2, -0.15) is 0 Å². The van der Waals surface area contributed by atoms with E-state index in [1.165, 1.54) is 0 Å². The number of nitrogen functional groups attached to an aromatic ring is 1. The third-order valence-electron chi connectivity index (χ3n) is 2.52. The van der Waals surface area contributed by atoms with Gasteiger partial charge in [-0.25, -0.2) is 9.97 Å². The molecule has 100 valence electrons. The van der Waals surface area contributed by atoms with Crippen molar-refractivity contribution in [3.63, 3.8) is 0 Å². The second-order valence-electron chi connectivity index (χ2n) is 4.62. The maximum atomic E-state index is 5.94. The molecule has 2 N–H and O–H groups in total. The molecule has 0 bridgehead atoms. The van der Waals surface area contributed by atoms with E-state index in [1.807, 2.05) is 12.1 Å². The summed E-state index contributed by atoms with van der Waals surface area (Å²) >= 11 is 6.91. The number of halogens is 2. The molecular formula is C13H14Br2N4.